The molecule has 1 unspecified atom stereocenters. The minimum Gasteiger partial charge on any atom is -0.487 e. The summed E-state index contributed by atoms with van der Waals surface area (Å²) in [6.45, 7) is 4.31. The monoisotopic (exact) mass is 376 g/mol. The number of ether oxygens (including phenoxy) is 1. The van der Waals surface area contributed by atoms with Crippen LogP contribution < -0.4 is 4.74 Å². The fourth-order valence-corrected chi connectivity index (χ4v) is 4.67. The van der Waals surface area contributed by atoms with Crippen LogP contribution in [0.3, 0.4) is 0 Å². The lowest BCUT2D eigenvalue weighted by atomic mass is 10.1. The van der Waals surface area contributed by atoms with Gasteiger partial charge in [0.2, 0.25) is 0 Å². The SMILES string of the molecule is O=C(c1cc(COc2ccccc2Cl)cs1)N1CCN2CCCC2C1. The Bertz CT molecular complexity index is 763. The first-order chi connectivity index (χ1) is 12.2. The van der Waals surface area contributed by atoms with Gasteiger partial charge in [-0.2, -0.15) is 0 Å². The van der Waals surface area contributed by atoms with Crippen molar-refractivity contribution < 1.29 is 9.53 Å². The van der Waals surface area contributed by atoms with Gasteiger partial charge in [0.15, 0.2) is 0 Å². The summed E-state index contributed by atoms with van der Waals surface area (Å²) in [5, 5.41) is 2.60. The predicted molar refractivity (Wildman–Crippen MR) is 101 cm³/mol. The van der Waals surface area contributed by atoms with E-state index >= 15 is 0 Å². The number of para-hydroxylation sites is 1. The first-order valence-electron chi connectivity index (χ1n) is 8.69. The summed E-state index contributed by atoms with van der Waals surface area (Å²) >= 11 is 7.60. The third kappa shape index (κ3) is 3.68. The normalized spacial score (nSPS) is 20.5. The number of nitrogens with zero attached hydrogens (tertiary/aromatic N) is 2. The topological polar surface area (TPSA) is 32.8 Å². The smallest absolute Gasteiger partial charge is 0.264 e. The van der Waals surface area contributed by atoms with Crippen molar-refractivity contribution in [3.8, 4) is 5.75 Å². The van der Waals surface area contributed by atoms with Crippen LogP contribution in [0.15, 0.2) is 35.7 Å². The molecule has 0 saturated carbocycles. The Balaban J connectivity index is 1.37. The second kappa shape index (κ2) is 7.36. The summed E-state index contributed by atoms with van der Waals surface area (Å²) in [4.78, 5) is 18.1. The standard InChI is InChI=1S/C19H21ClN2O2S/c20-16-5-1-2-6-17(16)24-12-14-10-18(25-13-14)19(23)22-9-8-21-7-3-4-15(21)11-22/h1-2,5-6,10,13,15H,3-4,7-9,11-12H2. The van der Waals surface area contributed by atoms with E-state index in [9.17, 15) is 4.79 Å². The highest BCUT2D eigenvalue weighted by molar-refractivity contribution is 7.12. The van der Waals surface area contributed by atoms with Crippen LogP contribution in [-0.2, 0) is 6.61 Å². The number of amides is 1. The summed E-state index contributed by atoms with van der Waals surface area (Å²) in [5.74, 6) is 0.821. The van der Waals surface area contributed by atoms with Crippen LogP contribution >= 0.6 is 22.9 Å². The molecule has 0 radical (unpaired) electrons. The highest BCUT2D eigenvalue weighted by Crippen LogP contribution is 2.26. The van der Waals surface area contributed by atoms with Crippen molar-refractivity contribution in [1.82, 2.24) is 9.80 Å². The molecule has 25 heavy (non-hydrogen) atoms. The van der Waals surface area contributed by atoms with Crippen molar-refractivity contribution in [1.29, 1.82) is 0 Å². The van der Waals surface area contributed by atoms with E-state index in [4.69, 9.17) is 16.3 Å². The second-order valence-corrected chi connectivity index (χ2v) is 7.94. The highest BCUT2D eigenvalue weighted by Gasteiger charge is 2.33. The Labute approximate surface area is 156 Å². The van der Waals surface area contributed by atoms with Crippen LogP contribution in [0.1, 0.15) is 28.1 Å². The molecule has 132 valence electrons. The Morgan fingerprint density at radius 2 is 2.16 bits per heavy atom. The Hall–Kier alpha value is -1.56. The molecule has 6 heteroatoms. The van der Waals surface area contributed by atoms with E-state index in [0.29, 0.717) is 23.4 Å². The van der Waals surface area contributed by atoms with E-state index in [1.807, 2.05) is 40.6 Å². The molecular formula is C19H21ClN2O2S. The van der Waals surface area contributed by atoms with Crippen LogP contribution in [0.25, 0.3) is 0 Å². The van der Waals surface area contributed by atoms with Gasteiger partial charge in [-0.15, -0.1) is 11.3 Å². The lowest BCUT2D eigenvalue weighted by Gasteiger charge is -2.37. The Kier molecular flexibility index (Phi) is 4.97. The summed E-state index contributed by atoms with van der Waals surface area (Å²) < 4.78 is 5.76. The average Bonchev–Trinajstić information content (AvgIpc) is 3.29. The van der Waals surface area contributed by atoms with Crippen molar-refractivity contribution in [2.24, 2.45) is 0 Å². The molecule has 4 rings (SSSR count). The second-order valence-electron chi connectivity index (χ2n) is 6.62. The quantitative estimate of drug-likeness (QED) is 0.811. The third-order valence-corrected chi connectivity index (χ3v) is 6.25. The lowest BCUT2D eigenvalue weighted by Crippen LogP contribution is -2.51. The predicted octanol–water partition coefficient (Wildman–Crippen LogP) is 3.90. The molecule has 2 saturated heterocycles. The summed E-state index contributed by atoms with van der Waals surface area (Å²) in [6.07, 6.45) is 2.47. The van der Waals surface area contributed by atoms with E-state index in [1.54, 1.807) is 0 Å². The van der Waals surface area contributed by atoms with Crippen molar-refractivity contribution >= 4 is 28.8 Å². The molecule has 1 amide bonds. The fourth-order valence-electron chi connectivity index (χ4n) is 3.62. The zero-order valence-corrected chi connectivity index (χ0v) is 15.6. The van der Waals surface area contributed by atoms with E-state index in [-0.39, 0.29) is 5.91 Å². The third-order valence-electron chi connectivity index (χ3n) is 4.97. The lowest BCUT2D eigenvalue weighted by molar-refractivity contribution is 0.0576. The van der Waals surface area contributed by atoms with Crippen LogP contribution in [0.5, 0.6) is 5.75 Å². The molecule has 2 aromatic rings. The minimum absolute atomic E-state index is 0.153. The maximum Gasteiger partial charge on any atom is 0.264 e. The number of halogens is 1. The molecule has 4 nitrogen and oxygen atoms in total. The van der Waals surface area contributed by atoms with Gasteiger partial charge in [-0.05, 0) is 43.0 Å². The zero-order valence-electron chi connectivity index (χ0n) is 14.0. The fraction of sp³-hybridized carbons (Fsp3) is 0.421. The molecule has 1 atom stereocenters. The van der Waals surface area contributed by atoms with Crippen molar-refractivity contribution in [3.63, 3.8) is 0 Å². The maximum atomic E-state index is 12.8. The molecule has 2 aliphatic rings. The van der Waals surface area contributed by atoms with E-state index in [2.05, 4.69) is 4.90 Å². The van der Waals surface area contributed by atoms with Gasteiger partial charge in [0.05, 0.1) is 9.90 Å². The van der Waals surface area contributed by atoms with Gasteiger partial charge in [-0.1, -0.05) is 23.7 Å². The maximum absolute atomic E-state index is 12.8. The number of rotatable bonds is 4. The number of hydrogen-bond donors (Lipinski definition) is 0. The largest absolute Gasteiger partial charge is 0.487 e. The van der Waals surface area contributed by atoms with Crippen LogP contribution in [-0.4, -0.2) is 47.9 Å². The first-order valence-corrected chi connectivity index (χ1v) is 9.94. The van der Waals surface area contributed by atoms with Gasteiger partial charge in [-0.25, -0.2) is 0 Å². The first kappa shape index (κ1) is 16.9. The number of benzene rings is 1. The van der Waals surface area contributed by atoms with E-state index in [1.165, 1.54) is 30.7 Å². The molecule has 1 aromatic carbocycles. The number of fused-ring (bicyclic) bond motifs is 1. The van der Waals surface area contributed by atoms with E-state index < -0.39 is 0 Å². The highest BCUT2D eigenvalue weighted by atomic mass is 35.5. The van der Waals surface area contributed by atoms with Crippen molar-refractivity contribution in [3.05, 3.63) is 51.2 Å². The van der Waals surface area contributed by atoms with Crippen molar-refractivity contribution in [2.45, 2.75) is 25.5 Å². The average molecular weight is 377 g/mol. The Morgan fingerprint density at radius 3 is 3.04 bits per heavy atom. The van der Waals surface area contributed by atoms with Crippen LogP contribution in [0.2, 0.25) is 5.02 Å². The van der Waals surface area contributed by atoms with Gasteiger partial charge in [-0.3, -0.25) is 9.69 Å². The van der Waals surface area contributed by atoms with Crippen LogP contribution in [0, 0.1) is 0 Å². The summed E-state index contributed by atoms with van der Waals surface area (Å²) in [6, 6.07) is 9.93. The molecule has 2 fully saturated rings. The van der Waals surface area contributed by atoms with Gasteiger partial charge >= 0.3 is 0 Å². The van der Waals surface area contributed by atoms with Gasteiger partial charge in [0.1, 0.15) is 12.4 Å². The molecule has 0 N–H and O–H groups in total. The van der Waals surface area contributed by atoms with Gasteiger partial charge in [0.25, 0.3) is 5.91 Å². The molecule has 0 spiro atoms. The molecule has 3 heterocycles. The number of hydrogen-bond acceptors (Lipinski definition) is 4. The zero-order chi connectivity index (χ0) is 17.2. The summed E-state index contributed by atoms with van der Waals surface area (Å²) in [7, 11) is 0. The number of thiophene rings is 1. The molecular weight excluding hydrogens is 356 g/mol. The number of piperazine rings is 1. The molecule has 1 aromatic heterocycles. The Morgan fingerprint density at radius 1 is 1.28 bits per heavy atom. The summed E-state index contributed by atoms with van der Waals surface area (Å²) in [5.41, 5.74) is 1.01. The molecule has 0 bridgehead atoms. The minimum atomic E-state index is 0.153. The molecule has 0 aliphatic carbocycles. The number of carbonyl (C=O) groups is 1. The van der Waals surface area contributed by atoms with Gasteiger partial charge in [0, 0.05) is 31.2 Å². The van der Waals surface area contributed by atoms with Gasteiger partial charge < -0.3 is 9.64 Å². The molecule has 2 aliphatic heterocycles. The van der Waals surface area contributed by atoms with Crippen LogP contribution in [0.4, 0.5) is 0 Å². The van der Waals surface area contributed by atoms with E-state index in [0.717, 1.165) is 30.1 Å². The van der Waals surface area contributed by atoms with Crippen molar-refractivity contribution in [2.75, 3.05) is 26.2 Å². The number of carbonyl (C=O) groups excluding carboxylic acids is 1.